The maximum Gasteiger partial charge on any atom is 0.0114 e. The molecule has 4 unspecified atom stereocenters. The third-order valence-electron chi connectivity index (χ3n) is 5.39. The Kier molecular flexibility index (Phi) is 2.56. The second kappa shape index (κ2) is 3.71. The lowest BCUT2D eigenvalue weighted by molar-refractivity contribution is 0.162. The highest BCUT2D eigenvalue weighted by atomic mass is 15.2. The number of fused-ring (bicyclic) bond motifs is 1. The molecule has 0 aromatic carbocycles. The minimum absolute atomic E-state index is 0.598. The monoisotopic (exact) mass is 222 g/mol. The first-order valence-electron chi connectivity index (χ1n) is 7.03. The van der Waals surface area contributed by atoms with Crippen molar-refractivity contribution in [3.63, 3.8) is 0 Å². The minimum Gasteiger partial charge on any atom is -0.316 e. The Balaban J connectivity index is 1.68. The summed E-state index contributed by atoms with van der Waals surface area (Å²) < 4.78 is 0. The van der Waals surface area contributed by atoms with Crippen LogP contribution in [0.15, 0.2) is 0 Å². The summed E-state index contributed by atoms with van der Waals surface area (Å²) in [4.78, 5) is 2.84. The number of rotatable bonds is 1. The van der Waals surface area contributed by atoms with Gasteiger partial charge < -0.3 is 5.32 Å². The van der Waals surface area contributed by atoms with Crippen molar-refractivity contribution >= 4 is 0 Å². The zero-order valence-electron chi connectivity index (χ0n) is 11.0. The summed E-state index contributed by atoms with van der Waals surface area (Å²) in [5.41, 5.74) is 0.598. The van der Waals surface area contributed by atoms with Crippen molar-refractivity contribution in [2.45, 2.75) is 52.1 Å². The highest BCUT2D eigenvalue weighted by Gasteiger charge is 2.46. The molecule has 0 aromatic rings. The van der Waals surface area contributed by atoms with Gasteiger partial charge in [0.2, 0.25) is 0 Å². The van der Waals surface area contributed by atoms with E-state index in [-0.39, 0.29) is 0 Å². The quantitative estimate of drug-likeness (QED) is 0.731. The number of nitrogens with zero attached hydrogens (tertiary/aromatic N) is 1. The Labute approximate surface area is 99.8 Å². The number of nitrogens with one attached hydrogen (secondary N) is 1. The fraction of sp³-hybridized carbons (Fsp3) is 1.00. The molecule has 3 aliphatic rings. The Morgan fingerprint density at radius 3 is 2.69 bits per heavy atom. The Bertz CT molecular complexity index is 274. The molecule has 3 fully saturated rings. The lowest BCUT2D eigenvalue weighted by atomic mass is 9.91. The largest absolute Gasteiger partial charge is 0.316 e. The van der Waals surface area contributed by atoms with Crippen LogP contribution in [0.5, 0.6) is 0 Å². The van der Waals surface area contributed by atoms with Gasteiger partial charge in [-0.1, -0.05) is 13.8 Å². The Hall–Kier alpha value is -0.0800. The van der Waals surface area contributed by atoms with Crippen molar-refractivity contribution in [3.8, 4) is 0 Å². The van der Waals surface area contributed by atoms with Crippen molar-refractivity contribution < 1.29 is 0 Å². The van der Waals surface area contributed by atoms with Gasteiger partial charge in [0.25, 0.3) is 0 Å². The van der Waals surface area contributed by atoms with Crippen LogP contribution in [0.1, 0.15) is 40.0 Å². The van der Waals surface area contributed by atoms with Crippen LogP contribution in [0.2, 0.25) is 0 Å². The van der Waals surface area contributed by atoms with Gasteiger partial charge in [-0.25, -0.2) is 0 Å². The van der Waals surface area contributed by atoms with Gasteiger partial charge in [0.05, 0.1) is 0 Å². The molecule has 2 aliphatic heterocycles. The maximum absolute atomic E-state index is 3.56. The lowest BCUT2D eigenvalue weighted by Crippen LogP contribution is -2.40. The molecule has 1 saturated carbocycles. The van der Waals surface area contributed by atoms with Gasteiger partial charge in [0, 0.05) is 18.6 Å². The number of likely N-dealkylation sites (tertiary alicyclic amines) is 1. The van der Waals surface area contributed by atoms with Crippen LogP contribution >= 0.6 is 0 Å². The van der Waals surface area contributed by atoms with E-state index in [2.05, 4.69) is 31.0 Å². The van der Waals surface area contributed by atoms with Gasteiger partial charge in [-0.2, -0.15) is 0 Å². The summed E-state index contributed by atoms with van der Waals surface area (Å²) >= 11 is 0. The third-order valence-corrected chi connectivity index (χ3v) is 5.39. The highest BCUT2D eigenvalue weighted by molar-refractivity contribution is 5.01. The smallest absolute Gasteiger partial charge is 0.0114 e. The van der Waals surface area contributed by atoms with Gasteiger partial charge >= 0.3 is 0 Å². The average molecular weight is 222 g/mol. The molecule has 16 heavy (non-hydrogen) atoms. The van der Waals surface area contributed by atoms with E-state index in [1.807, 2.05) is 0 Å². The van der Waals surface area contributed by atoms with Crippen LogP contribution in [0.3, 0.4) is 0 Å². The Morgan fingerprint density at radius 1 is 1.25 bits per heavy atom. The molecule has 0 amide bonds. The van der Waals surface area contributed by atoms with Gasteiger partial charge in [-0.3, -0.25) is 4.90 Å². The summed E-state index contributed by atoms with van der Waals surface area (Å²) in [7, 11) is 0. The normalized spacial score (nSPS) is 47.4. The fourth-order valence-corrected chi connectivity index (χ4v) is 4.36. The van der Waals surface area contributed by atoms with Crippen LogP contribution in [0.4, 0.5) is 0 Å². The van der Waals surface area contributed by atoms with Crippen molar-refractivity contribution in [1.82, 2.24) is 10.2 Å². The minimum atomic E-state index is 0.598. The first kappa shape index (κ1) is 11.0. The summed E-state index contributed by atoms with van der Waals surface area (Å²) in [5.74, 6) is 1.88. The molecular weight excluding hydrogens is 196 g/mol. The van der Waals surface area contributed by atoms with E-state index in [1.54, 1.807) is 0 Å². The number of hydrogen-bond donors (Lipinski definition) is 1. The molecule has 2 saturated heterocycles. The molecule has 1 N–H and O–H groups in total. The SMILES string of the molecule is CC1C2CNCC2CN1C1CCC(C)(C)C1. The van der Waals surface area contributed by atoms with E-state index in [0.717, 1.165) is 23.9 Å². The first-order valence-corrected chi connectivity index (χ1v) is 7.03. The van der Waals surface area contributed by atoms with Crippen LogP contribution in [-0.2, 0) is 0 Å². The highest BCUT2D eigenvalue weighted by Crippen LogP contribution is 2.43. The molecule has 2 heterocycles. The maximum atomic E-state index is 3.56. The Morgan fingerprint density at radius 2 is 2.06 bits per heavy atom. The molecule has 2 heteroatoms. The van der Waals surface area contributed by atoms with Crippen molar-refractivity contribution in [2.24, 2.45) is 17.3 Å². The van der Waals surface area contributed by atoms with Gasteiger partial charge in [0.15, 0.2) is 0 Å². The topological polar surface area (TPSA) is 15.3 Å². The molecule has 0 aromatic heterocycles. The molecule has 3 rings (SSSR count). The van der Waals surface area contributed by atoms with Crippen LogP contribution < -0.4 is 5.32 Å². The van der Waals surface area contributed by atoms with Crippen molar-refractivity contribution in [3.05, 3.63) is 0 Å². The lowest BCUT2D eigenvalue weighted by Gasteiger charge is -2.31. The third kappa shape index (κ3) is 1.70. The van der Waals surface area contributed by atoms with E-state index in [9.17, 15) is 0 Å². The van der Waals surface area contributed by atoms with Gasteiger partial charge in [-0.15, -0.1) is 0 Å². The predicted molar refractivity (Wildman–Crippen MR) is 67.4 cm³/mol. The van der Waals surface area contributed by atoms with Gasteiger partial charge in [0.1, 0.15) is 0 Å². The molecule has 1 aliphatic carbocycles. The standard InChI is InChI=1S/C14H26N2/c1-10-13-8-15-7-11(13)9-16(10)12-4-5-14(2,3)6-12/h10-13,15H,4-9H2,1-3H3. The van der Waals surface area contributed by atoms with Crippen LogP contribution in [-0.4, -0.2) is 36.6 Å². The zero-order chi connectivity index (χ0) is 11.3. The molecule has 0 bridgehead atoms. The summed E-state index contributed by atoms with van der Waals surface area (Å²) in [5, 5.41) is 3.56. The fourth-order valence-electron chi connectivity index (χ4n) is 4.36. The molecule has 4 atom stereocenters. The molecule has 0 radical (unpaired) electrons. The van der Waals surface area contributed by atoms with E-state index in [0.29, 0.717) is 5.41 Å². The van der Waals surface area contributed by atoms with E-state index in [4.69, 9.17) is 0 Å². The van der Waals surface area contributed by atoms with Crippen LogP contribution in [0.25, 0.3) is 0 Å². The molecule has 0 spiro atoms. The predicted octanol–water partition coefficient (Wildman–Crippen LogP) is 2.10. The van der Waals surface area contributed by atoms with Crippen molar-refractivity contribution in [1.29, 1.82) is 0 Å². The molecule has 2 nitrogen and oxygen atoms in total. The average Bonchev–Trinajstić information content (AvgIpc) is 2.84. The zero-order valence-corrected chi connectivity index (χ0v) is 11.0. The summed E-state index contributed by atoms with van der Waals surface area (Å²) in [6.07, 6.45) is 4.28. The van der Waals surface area contributed by atoms with E-state index < -0.39 is 0 Å². The second-order valence-electron chi connectivity index (χ2n) is 7.08. The van der Waals surface area contributed by atoms with Crippen LogP contribution in [0, 0.1) is 17.3 Å². The summed E-state index contributed by atoms with van der Waals surface area (Å²) in [6, 6.07) is 1.70. The van der Waals surface area contributed by atoms with E-state index in [1.165, 1.54) is 38.9 Å². The van der Waals surface area contributed by atoms with E-state index >= 15 is 0 Å². The number of hydrogen-bond acceptors (Lipinski definition) is 2. The molecular formula is C14H26N2. The van der Waals surface area contributed by atoms with Gasteiger partial charge in [-0.05, 0) is 56.5 Å². The van der Waals surface area contributed by atoms with Crippen molar-refractivity contribution in [2.75, 3.05) is 19.6 Å². The first-order chi connectivity index (χ1) is 7.57. The molecule has 92 valence electrons. The summed E-state index contributed by atoms with van der Waals surface area (Å²) in [6.45, 7) is 11.2. The second-order valence-corrected chi connectivity index (χ2v) is 7.08.